The predicted molar refractivity (Wildman–Crippen MR) is 98.2 cm³/mol. The van der Waals surface area contributed by atoms with E-state index in [9.17, 15) is 4.79 Å². The second kappa shape index (κ2) is 7.09. The molecular weight excluding hydrogens is 330 g/mol. The lowest BCUT2D eigenvalue weighted by atomic mass is 10.2. The normalized spacial score (nSPS) is 14.6. The third-order valence-corrected chi connectivity index (χ3v) is 4.60. The van der Waals surface area contributed by atoms with E-state index in [2.05, 4.69) is 30.6 Å². The molecule has 26 heavy (non-hydrogen) atoms. The number of nitrogens with zero attached hydrogens (tertiary/aromatic N) is 5. The van der Waals surface area contributed by atoms with Crippen molar-refractivity contribution >= 4 is 17.4 Å². The van der Waals surface area contributed by atoms with Crippen molar-refractivity contribution in [3.8, 4) is 0 Å². The molecule has 2 N–H and O–H groups in total. The summed E-state index contributed by atoms with van der Waals surface area (Å²) >= 11 is 0. The number of hydrogen-bond acceptors (Lipinski definition) is 6. The van der Waals surface area contributed by atoms with Crippen molar-refractivity contribution in [3.05, 3.63) is 53.6 Å². The van der Waals surface area contributed by atoms with Gasteiger partial charge in [0.25, 0.3) is 5.91 Å². The summed E-state index contributed by atoms with van der Waals surface area (Å²) < 4.78 is 1.67. The number of rotatable bonds is 4. The first-order valence-corrected chi connectivity index (χ1v) is 8.70. The number of aryl methyl sites for hydroxylation is 1. The van der Waals surface area contributed by atoms with E-state index in [1.807, 2.05) is 25.1 Å². The Bertz CT molecular complexity index is 930. The molecule has 1 aliphatic rings. The smallest absolute Gasteiger partial charge is 0.254 e. The lowest BCUT2D eigenvalue weighted by molar-refractivity contribution is 0.0949. The van der Waals surface area contributed by atoms with Gasteiger partial charge in [-0.05, 0) is 24.6 Å². The first-order valence-electron chi connectivity index (χ1n) is 8.70. The van der Waals surface area contributed by atoms with Gasteiger partial charge in [0.1, 0.15) is 5.82 Å². The molecule has 3 aromatic heterocycles. The Morgan fingerprint density at radius 2 is 2.08 bits per heavy atom. The lowest BCUT2D eigenvalue weighted by Crippen LogP contribution is -2.43. The molecule has 4 rings (SSSR count). The first-order chi connectivity index (χ1) is 12.7. The Morgan fingerprint density at radius 1 is 1.23 bits per heavy atom. The fraction of sp³-hybridized carbons (Fsp3) is 0.333. The molecule has 1 fully saturated rings. The first kappa shape index (κ1) is 16.5. The fourth-order valence-corrected chi connectivity index (χ4v) is 3.13. The summed E-state index contributed by atoms with van der Waals surface area (Å²) in [6, 6.07) is 5.77. The molecule has 134 valence electrons. The molecule has 0 radical (unpaired) electrons. The SMILES string of the molecule is Cc1c(C(=O)NCc2ccnc(N3CCNCC3)c2)cnc2ccnn12. The Kier molecular flexibility index (Phi) is 4.49. The van der Waals surface area contributed by atoms with E-state index in [1.54, 1.807) is 23.1 Å². The van der Waals surface area contributed by atoms with Crippen molar-refractivity contribution < 1.29 is 4.79 Å². The maximum absolute atomic E-state index is 12.6. The molecular formula is C18H21N7O. The van der Waals surface area contributed by atoms with Gasteiger partial charge in [0.05, 0.1) is 17.5 Å². The van der Waals surface area contributed by atoms with Gasteiger partial charge in [0.2, 0.25) is 0 Å². The monoisotopic (exact) mass is 351 g/mol. The summed E-state index contributed by atoms with van der Waals surface area (Å²) in [7, 11) is 0. The molecule has 4 heterocycles. The van der Waals surface area contributed by atoms with Crippen molar-refractivity contribution in [3.63, 3.8) is 0 Å². The Hall–Kier alpha value is -3.00. The van der Waals surface area contributed by atoms with Crippen LogP contribution in [0.4, 0.5) is 5.82 Å². The summed E-state index contributed by atoms with van der Waals surface area (Å²) in [5.74, 6) is 0.794. The van der Waals surface area contributed by atoms with E-state index in [4.69, 9.17) is 0 Å². The van der Waals surface area contributed by atoms with E-state index >= 15 is 0 Å². The number of nitrogens with one attached hydrogen (secondary N) is 2. The molecule has 8 heteroatoms. The van der Waals surface area contributed by atoms with Gasteiger partial charge in [0, 0.05) is 51.2 Å². The zero-order valence-corrected chi connectivity index (χ0v) is 14.6. The van der Waals surface area contributed by atoms with E-state index in [0.717, 1.165) is 48.9 Å². The molecule has 0 aromatic carbocycles. The van der Waals surface area contributed by atoms with Crippen molar-refractivity contribution in [1.82, 2.24) is 30.2 Å². The predicted octanol–water partition coefficient (Wildman–Crippen LogP) is 0.772. The quantitative estimate of drug-likeness (QED) is 0.722. The average Bonchev–Trinajstić information content (AvgIpc) is 3.17. The number of hydrogen-bond donors (Lipinski definition) is 2. The molecule has 0 bridgehead atoms. The van der Waals surface area contributed by atoms with Crippen LogP contribution >= 0.6 is 0 Å². The van der Waals surface area contributed by atoms with Crippen LogP contribution in [-0.2, 0) is 6.54 Å². The minimum Gasteiger partial charge on any atom is -0.354 e. The number of aromatic nitrogens is 4. The summed E-state index contributed by atoms with van der Waals surface area (Å²) in [6.07, 6.45) is 5.06. The van der Waals surface area contributed by atoms with Gasteiger partial charge < -0.3 is 15.5 Å². The van der Waals surface area contributed by atoms with Gasteiger partial charge in [-0.25, -0.2) is 14.5 Å². The maximum Gasteiger partial charge on any atom is 0.254 e. The molecule has 0 saturated carbocycles. The standard InChI is InChI=1S/C18H21N7O/c1-13-15(12-21-16-3-5-23-25(13)16)18(26)22-11-14-2-4-20-17(10-14)24-8-6-19-7-9-24/h2-5,10,12,19H,6-9,11H2,1H3,(H,22,26). The third-order valence-electron chi connectivity index (χ3n) is 4.60. The van der Waals surface area contributed by atoms with Gasteiger partial charge in [-0.2, -0.15) is 5.10 Å². The number of carbonyl (C=O) groups is 1. The summed E-state index contributed by atoms with van der Waals surface area (Å²) in [5, 5.41) is 10.5. The molecule has 1 amide bonds. The van der Waals surface area contributed by atoms with Crippen LogP contribution in [0.3, 0.4) is 0 Å². The van der Waals surface area contributed by atoms with Gasteiger partial charge in [-0.1, -0.05) is 0 Å². The molecule has 1 saturated heterocycles. The van der Waals surface area contributed by atoms with Gasteiger partial charge in [0.15, 0.2) is 5.65 Å². The van der Waals surface area contributed by atoms with Gasteiger partial charge in [-0.3, -0.25) is 4.79 Å². The van der Waals surface area contributed by atoms with Crippen LogP contribution in [0.15, 0.2) is 36.8 Å². The zero-order valence-electron chi connectivity index (χ0n) is 14.6. The Morgan fingerprint density at radius 3 is 2.92 bits per heavy atom. The molecule has 0 unspecified atom stereocenters. The topological polar surface area (TPSA) is 87.5 Å². The van der Waals surface area contributed by atoms with Crippen LogP contribution in [-0.4, -0.2) is 51.7 Å². The van der Waals surface area contributed by atoms with E-state index in [-0.39, 0.29) is 5.91 Å². The molecule has 8 nitrogen and oxygen atoms in total. The number of carbonyl (C=O) groups excluding carboxylic acids is 1. The number of amides is 1. The Balaban J connectivity index is 1.46. The molecule has 0 aliphatic carbocycles. The average molecular weight is 351 g/mol. The van der Waals surface area contributed by atoms with Crippen LogP contribution < -0.4 is 15.5 Å². The molecule has 1 aliphatic heterocycles. The molecule has 0 atom stereocenters. The highest BCUT2D eigenvalue weighted by Gasteiger charge is 2.14. The van der Waals surface area contributed by atoms with E-state index in [0.29, 0.717) is 12.1 Å². The Labute approximate surface area is 151 Å². The number of piperazine rings is 1. The van der Waals surface area contributed by atoms with Crippen molar-refractivity contribution in [2.75, 3.05) is 31.1 Å². The van der Waals surface area contributed by atoms with Crippen molar-refractivity contribution in [1.29, 1.82) is 0 Å². The third kappa shape index (κ3) is 3.23. The second-order valence-electron chi connectivity index (χ2n) is 6.30. The molecule has 3 aromatic rings. The second-order valence-corrected chi connectivity index (χ2v) is 6.30. The van der Waals surface area contributed by atoms with Crippen molar-refractivity contribution in [2.24, 2.45) is 0 Å². The van der Waals surface area contributed by atoms with E-state index in [1.165, 1.54) is 0 Å². The summed E-state index contributed by atoms with van der Waals surface area (Å²) in [4.78, 5) is 23.5. The van der Waals surface area contributed by atoms with Gasteiger partial charge in [-0.15, -0.1) is 0 Å². The highest BCUT2D eigenvalue weighted by Crippen LogP contribution is 2.14. The fourth-order valence-electron chi connectivity index (χ4n) is 3.13. The maximum atomic E-state index is 12.6. The minimum atomic E-state index is -0.159. The van der Waals surface area contributed by atoms with Crippen LogP contribution in [0, 0.1) is 6.92 Å². The zero-order chi connectivity index (χ0) is 17.9. The number of fused-ring (bicyclic) bond motifs is 1. The molecule has 0 spiro atoms. The number of pyridine rings is 1. The summed E-state index contributed by atoms with van der Waals surface area (Å²) in [6.45, 7) is 6.12. The highest BCUT2D eigenvalue weighted by atomic mass is 16.1. The minimum absolute atomic E-state index is 0.159. The lowest BCUT2D eigenvalue weighted by Gasteiger charge is -2.28. The number of anilines is 1. The summed E-state index contributed by atoms with van der Waals surface area (Å²) in [5.41, 5.74) is 3.05. The van der Waals surface area contributed by atoms with Crippen LogP contribution in [0.5, 0.6) is 0 Å². The van der Waals surface area contributed by atoms with Crippen LogP contribution in [0.2, 0.25) is 0 Å². The largest absolute Gasteiger partial charge is 0.354 e. The van der Waals surface area contributed by atoms with Gasteiger partial charge >= 0.3 is 0 Å². The highest BCUT2D eigenvalue weighted by molar-refractivity contribution is 5.95. The van der Waals surface area contributed by atoms with E-state index < -0.39 is 0 Å². The van der Waals surface area contributed by atoms with Crippen LogP contribution in [0.25, 0.3) is 5.65 Å². The van der Waals surface area contributed by atoms with Crippen LogP contribution in [0.1, 0.15) is 21.6 Å². The van der Waals surface area contributed by atoms with Crippen molar-refractivity contribution in [2.45, 2.75) is 13.5 Å².